The average molecular weight is 447 g/mol. The van der Waals surface area contributed by atoms with Gasteiger partial charge in [0.2, 0.25) is 0 Å². The Morgan fingerprint density at radius 1 is 0.788 bits per heavy atom. The molecule has 3 nitrogen and oxygen atoms in total. The maximum Gasteiger partial charge on any atom is 0.170 e. The molecule has 0 N–H and O–H groups in total. The van der Waals surface area contributed by atoms with Crippen molar-refractivity contribution in [2.24, 2.45) is 5.92 Å². The van der Waals surface area contributed by atoms with E-state index in [1.807, 2.05) is 78.9 Å². The lowest BCUT2D eigenvalue weighted by molar-refractivity contribution is -0.167. The van der Waals surface area contributed by atoms with E-state index in [0.717, 1.165) is 17.5 Å². The highest BCUT2D eigenvalue weighted by molar-refractivity contribution is 5.62. The summed E-state index contributed by atoms with van der Waals surface area (Å²) in [5.74, 6) is -0.140. The molecular weight excluding hydrogens is 415 g/mol. The second-order valence-electron chi connectivity index (χ2n) is 8.45. The van der Waals surface area contributed by atoms with Crippen LogP contribution in [0.3, 0.4) is 0 Å². The Morgan fingerprint density at radius 2 is 1.30 bits per heavy atom. The molecule has 0 amide bonds. The Labute approximate surface area is 195 Å². The van der Waals surface area contributed by atoms with Crippen LogP contribution >= 0.6 is 0 Å². The van der Waals surface area contributed by atoms with Gasteiger partial charge in [-0.25, -0.2) is 4.39 Å². The van der Waals surface area contributed by atoms with E-state index in [2.05, 4.69) is 13.8 Å². The van der Waals surface area contributed by atoms with Crippen molar-refractivity contribution in [1.29, 1.82) is 0 Å². The van der Waals surface area contributed by atoms with Crippen LogP contribution in [-0.4, -0.2) is 18.3 Å². The van der Waals surface area contributed by atoms with Crippen LogP contribution < -0.4 is 0 Å². The summed E-state index contributed by atoms with van der Waals surface area (Å²) in [5.41, 5.74) is 2.57. The van der Waals surface area contributed by atoms with Crippen molar-refractivity contribution in [3.63, 3.8) is 0 Å². The number of hydrogen-bond acceptors (Lipinski definition) is 3. The van der Waals surface area contributed by atoms with Gasteiger partial charge in [-0.05, 0) is 17.5 Å². The fourth-order valence-electron chi connectivity index (χ4n) is 4.27. The van der Waals surface area contributed by atoms with Crippen LogP contribution in [0, 0.1) is 5.92 Å². The molecule has 4 atom stereocenters. The molecule has 1 fully saturated rings. The Hall–Kier alpha value is -2.95. The summed E-state index contributed by atoms with van der Waals surface area (Å²) < 4.78 is 34.8. The minimum absolute atomic E-state index is 0.0341. The van der Waals surface area contributed by atoms with E-state index in [1.54, 1.807) is 12.1 Å². The summed E-state index contributed by atoms with van der Waals surface area (Å²) in [4.78, 5) is 0. The summed E-state index contributed by atoms with van der Waals surface area (Å²) in [6.07, 6.45) is -0.417. The molecule has 0 saturated carbocycles. The third-order valence-electron chi connectivity index (χ3n) is 6.14. The standard InChI is InChI=1S/C29H31FO3/c1-3-25-21(2)27(31-19-22-13-7-4-8-14-22)29(32-20-23-15-9-5-10-16-23)28(33-25)26(30)24-17-11-6-12-18-24/h4-18,21,25,27,29H,3,19-20H2,1-2H3/t21-,25+,27-,29+/m0/s1. The first-order valence-electron chi connectivity index (χ1n) is 11.6. The van der Waals surface area contributed by atoms with Gasteiger partial charge in [0.15, 0.2) is 11.6 Å². The number of ether oxygens (including phenoxy) is 3. The lowest BCUT2D eigenvalue weighted by Gasteiger charge is -2.42. The van der Waals surface area contributed by atoms with Crippen LogP contribution in [0.2, 0.25) is 0 Å². The maximum absolute atomic E-state index is 15.8. The van der Waals surface area contributed by atoms with Crippen molar-refractivity contribution in [3.8, 4) is 0 Å². The Bertz CT molecular complexity index is 1020. The molecule has 1 aliphatic heterocycles. The third kappa shape index (κ3) is 5.70. The predicted octanol–water partition coefficient (Wildman–Crippen LogP) is 6.94. The normalized spacial score (nSPS) is 24.2. The smallest absolute Gasteiger partial charge is 0.170 e. The second kappa shape index (κ2) is 11.3. The van der Waals surface area contributed by atoms with Gasteiger partial charge in [0.1, 0.15) is 12.2 Å². The third-order valence-corrected chi connectivity index (χ3v) is 6.14. The van der Waals surface area contributed by atoms with Gasteiger partial charge in [0.05, 0.1) is 19.3 Å². The summed E-state index contributed by atoms with van der Waals surface area (Å²) in [6.45, 7) is 4.92. The first-order valence-corrected chi connectivity index (χ1v) is 11.6. The number of hydrogen-bond donors (Lipinski definition) is 0. The summed E-state index contributed by atoms with van der Waals surface area (Å²) in [6, 6.07) is 28.9. The summed E-state index contributed by atoms with van der Waals surface area (Å²) in [5, 5.41) is 0. The SMILES string of the molecule is CC[C@H]1OC(=C(F)c2ccccc2)[C@H](OCc2ccccc2)[C@@H](OCc2ccccc2)[C@H]1C. The lowest BCUT2D eigenvalue weighted by Crippen LogP contribution is -2.49. The molecule has 172 valence electrons. The zero-order valence-corrected chi connectivity index (χ0v) is 19.2. The molecule has 0 bridgehead atoms. The van der Waals surface area contributed by atoms with Gasteiger partial charge in [-0.3, -0.25) is 0 Å². The van der Waals surface area contributed by atoms with Crippen LogP contribution in [0.25, 0.3) is 5.83 Å². The topological polar surface area (TPSA) is 27.7 Å². The number of benzene rings is 3. The molecular formula is C29H31FO3. The fourth-order valence-corrected chi connectivity index (χ4v) is 4.27. The first kappa shape index (κ1) is 23.2. The van der Waals surface area contributed by atoms with Crippen LogP contribution in [0.5, 0.6) is 0 Å². The zero-order valence-electron chi connectivity index (χ0n) is 19.2. The lowest BCUT2D eigenvalue weighted by atomic mass is 9.87. The number of rotatable bonds is 8. The van der Waals surface area contributed by atoms with Crippen molar-refractivity contribution in [2.75, 3.05) is 0 Å². The van der Waals surface area contributed by atoms with Gasteiger partial charge in [0.25, 0.3) is 0 Å². The van der Waals surface area contributed by atoms with Gasteiger partial charge in [-0.1, -0.05) is 105 Å². The monoisotopic (exact) mass is 446 g/mol. The van der Waals surface area contributed by atoms with Gasteiger partial charge in [-0.2, -0.15) is 0 Å². The molecule has 3 aromatic carbocycles. The highest BCUT2D eigenvalue weighted by Crippen LogP contribution is 2.38. The molecule has 0 aromatic heterocycles. The van der Waals surface area contributed by atoms with E-state index in [-0.39, 0.29) is 23.9 Å². The van der Waals surface area contributed by atoms with Gasteiger partial charge in [0, 0.05) is 11.5 Å². The minimum Gasteiger partial charge on any atom is -0.488 e. The highest BCUT2D eigenvalue weighted by Gasteiger charge is 2.44. The van der Waals surface area contributed by atoms with Crippen LogP contribution in [0.4, 0.5) is 4.39 Å². The van der Waals surface area contributed by atoms with Gasteiger partial charge < -0.3 is 14.2 Å². The van der Waals surface area contributed by atoms with E-state index < -0.39 is 11.9 Å². The van der Waals surface area contributed by atoms with Crippen LogP contribution in [0.15, 0.2) is 96.8 Å². The molecule has 4 rings (SSSR count). The quantitative estimate of drug-likeness (QED) is 0.375. The van der Waals surface area contributed by atoms with E-state index in [0.29, 0.717) is 18.8 Å². The molecule has 0 unspecified atom stereocenters. The van der Waals surface area contributed by atoms with E-state index in [9.17, 15) is 0 Å². The van der Waals surface area contributed by atoms with Crippen LogP contribution in [-0.2, 0) is 27.4 Å². The molecule has 4 heteroatoms. The molecule has 1 heterocycles. The van der Waals surface area contributed by atoms with Crippen molar-refractivity contribution in [3.05, 3.63) is 113 Å². The Morgan fingerprint density at radius 3 is 1.85 bits per heavy atom. The van der Waals surface area contributed by atoms with Gasteiger partial charge in [-0.15, -0.1) is 0 Å². The molecule has 0 radical (unpaired) electrons. The van der Waals surface area contributed by atoms with Crippen molar-refractivity contribution in [2.45, 2.75) is 51.8 Å². The molecule has 0 spiro atoms. The second-order valence-corrected chi connectivity index (χ2v) is 8.45. The summed E-state index contributed by atoms with van der Waals surface area (Å²) >= 11 is 0. The molecule has 0 aliphatic carbocycles. The Balaban J connectivity index is 1.67. The molecule has 33 heavy (non-hydrogen) atoms. The van der Waals surface area contributed by atoms with Crippen molar-refractivity contribution in [1.82, 2.24) is 0 Å². The van der Waals surface area contributed by atoms with E-state index in [1.165, 1.54) is 0 Å². The molecule has 1 saturated heterocycles. The molecule has 3 aromatic rings. The Kier molecular flexibility index (Phi) is 7.92. The zero-order chi connectivity index (χ0) is 23.0. The number of halogens is 1. The van der Waals surface area contributed by atoms with E-state index in [4.69, 9.17) is 14.2 Å². The fraction of sp³-hybridized carbons (Fsp3) is 0.310. The van der Waals surface area contributed by atoms with E-state index >= 15 is 4.39 Å². The maximum atomic E-state index is 15.8. The molecule has 1 aliphatic rings. The van der Waals surface area contributed by atoms with Crippen molar-refractivity contribution < 1.29 is 18.6 Å². The predicted molar refractivity (Wildman–Crippen MR) is 129 cm³/mol. The first-order chi connectivity index (χ1) is 16.2. The largest absolute Gasteiger partial charge is 0.488 e. The van der Waals surface area contributed by atoms with Crippen molar-refractivity contribution >= 4 is 5.83 Å². The van der Waals surface area contributed by atoms with Crippen LogP contribution in [0.1, 0.15) is 37.0 Å². The minimum atomic E-state index is -0.660. The highest BCUT2D eigenvalue weighted by atomic mass is 19.1. The average Bonchev–Trinajstić information content (AvgIpc) is 2.88. The summed E-state index contributed by atoms with van der Waals surface area (Å²) in [7, 11) is 0. The van der Waals surface area contributed by atoms with Gasteiger partial charge >= 0.3 is 0 Å².